The Kier molecular flexibility index (Phi) is 6.99. The molecule has 0 aliphatic rings. The van der Waals surface area contributed by atoms with E-state index in [4.69, 9.17) is 10.5 Å². The van der Waals surface area contributed by atoms with Crippen molar-refractivity contribution in [2.45, 2.75) is 26.0 Å². The van der Waals surface area contributed by atoms with Crippen LogP contribution in [-0.4, -0.2) is 35.6 Å². The molecular weight excluding hydrogens is 458 g/mol. The molecule has 0 saturated carbocycles. The lowest BCUT2D eigenvalue weighted by Crippen LogP contribution is -2.39. The van der Waals surface area contributed by atoms with Crippen LogP contribution < -0.4 is 21.9 Å². The number of primary amides is 1. The Morgan fingerprint density at radius 3 is 2.53 bits per heavy atom. The summed E-state index contributed by atoms with van der Waals surface area (Å²) in [5, 5.41) is 16.8. The van der Waals surface area contributed by atoms with Gasteiger partial charge in [0.2, 0.25) is 5.91 Å². The Hall–Kier alpha value is -4.68. The van der Waals surface area contributed by atoms with Crippen molar-refractivity contribution in [2.24, 2.45) is 5.73 Å². The number of hydrogen-bond donors (Lipinski definition) is 4. The van der Waals surface area contributed by atoms with Gasteiger partial charge in [0.25, 0.3) is 11.5 Å². The number of para-hydroxylation sites is 1. The number of rotatable bonds is 8. The topological polar surface area (TPSA) is 150 Å². The first-order valence-corrected chi connectivity index (χ1v) is 11.3. The van der Waals surface area contributed by atoms with Crippen LogP contribution in [0.3, 0.4) is 0 Å². The van der Waals surface area contributed by atoms with Crippen molar-refractivity contribution in [1.29, 1.82) is 5.26 Å². The molecule has 0 bridgehead atoms. The van der Waals surface area contributed by atoms with Crippen molar-refractivity contribution in [2.75, 3.05) is 17.2 Å². The van der Waals surface area contributed by atoms with Crippen molar-refractivity contribution < 1.29 is 14.3 Å². The van der Waals surface area contributed by atoms with E-state index in [2.05, 4.69) is 21.7 Å². The molecule has 5 N–H and O–H groups in total. The largest absolute Gasteiger partial charge is 0.376 e. The third-order valence-electron chi connectivity index (χ3n) is 5.64. The quantitative estimate of drug-likeness (QED) is 0.282. The highest BCUT2D eigenvalue weighted by molar-refractivity contribution is 6.13. The van der Waals surface area contributed by atoms with Crippen molar-refractivity contribution >= 4 is 44.9 Å². The number of pyridine rings is 1. The van der Waals surface area contributed by atoms with Crippen LogP contribution in [-0.2, 0) is 9.53 Å². The summed E-state index contributed by atoms with van der Waals surface area (Å²) in [6.07, 6.45) is -0.0919. The van der Waals surface area contributed by atoms with E-state index >= 15 is 0 Å². The Morgan fingerprint density at radius 1 is 1.03 bits per heavy atom. The van der Waals surface area contributed by atoms with Gasteiger partial charge in [0.05, 0.1) is 35.4 Å². The van der Waals surface area contributed by atoms with Gasteiger partial charge in [-0.3, -0.25) is 14.4 Å². The summed E-state index contributed by atoms with van der Waals surface area (Å²) in [6.45, 7) is 3.84. The Balaban J connectivity index is 1.68. The molecule has 1 atom stereocenters. The SMILES string of the molecule is CC(C)OC[C@H](Nc1cccc(C#N)c1)C(=O)Nc1ccc2c(=O)[nH]c3c(C(N)=O)cccc3c2c1. The summed E-state index contributed by atoms with van der Waals surface area (Å²) in [5.74, 6) is -1.01. The number of anilines is 2. The molecular formula is C27H25N5O4. The second-order valence-electron chi connectivity index (χ2n) is 8.57. The zero-order valence-corrected chi connectivity index (χ0v) is 19.8. The highest BCUT2D eigenvalue weighted by atomic mass is 16.5. The first kappa shape index (κ1) is 24.4. The molecule has 9 nitrogen and oxygen atoms in total. The van der Waals surface area contributed by atoms with Gasteiger partial charge < -0.3 is 26.1 Å². The van der Waals surface area contributed by atoms with Crippen molar-refractivity contribution in [3.05, 3.63) is 82.1 Å². The molecule has 4 rings (SSSR count). The minimum absolute atomic E-state index is 0.0919. The maximum absolute atomic E-state index is 13.2. The Bertz CT molecular complexity index is 1570. The van der Waals surface area contributed by atoms with E-state index in [-0.39, 0.29) is 29.7 Å². The van der Waals surface area contributed by atoms with Gasteiger partial charge in [0.1, 0.15) is 6.04 Å². The van der Waals surface area contributed by atoms with Crippen LogP contribution in [0.15, 0.2) is 65.5 Å². The van der Waals surface area contributed by atoms with Crippen LogP contribution in [0, 0.1) is 11.3 Å². The molecule has 9 heteroatoms. The fraction of sp³-hybridized carbons (Fsp3) is 0.185. The first-order valence-electron chi connectivity index (χ1n) is 11.3. The number of carbonyl (C=O) groups is 2. The second kappa shape index (κ2) is 10.3. The van der Waals surface area contributed by atoms with Gasteiger partial charge in [-0.15, -0.1) is 0 Å². The number of nitrogens with one attached hydrogen (secondary N) is 3. The molecule has 4 aromatic rings. The first-order chi connectivity index (χ1) is 17.3. The summed E-state index contributed by atoms with van der Waals surface area (Å²) in [5.41, 5.74) is 7.19. The fourth-order valence-electron chi connectivity index (χ4n) is 3.92. The van der Waals surface area contributed by atoms with E-state index in [1.54, 1.807) is 60.7 Å². The van der Waals surface area contributed by atoms with E-state index in [0.717, 1.165) is 0 Å². The zero-order valence-electron chi connectivity index (χ0n) is 19.8. The fourth-order valence-corrected chi connectivity index (χ4v) is 3.92. The monoisotopic (exact) mass is 483 g/mol. The number of H-pyrrole nitrogens is 1. The van der Waals surface area contributed by atoms with Gasteiger partial charge in [-0.25, -0.2) is 0 Å². The molecule has 2 amide bonds. The van der Waals surface area contributed by atoms with E-state index in [1.807, 2.05) is 13.8 Å². The Labute approximate surface area is 206 Å². The van der Waals surface area contributed by atoms with Gasteiger partial charge in [0, 0.05) is 22.1 Å². The maximum Gasteiger partial charge on any atom is 0.256 e. The second-order valence-corrected chi connectivity index (χ2v) is 8.57. The van der Waals surface area contributed by atoms with Crippen LogP contribution in [0.1, 0.15) is 29.8 Å². The number of ether oxygens (including phenoxy) is 1. The van der Waals surface area contributed by atoms with Crippen LogP contribution >= 0.6 is 0 Å². The average molecular weight is 484 g/mol. The van der Waals surface area contributed by atoms with Gasteiger partial charge in [0.15, 0.2) is 0 Å². The van der Waals surface area contributed by atoms with E-state index in [9.17, 15) is 19.6 Å². The smallest absolute Gasteiger partial charge is 0.256 e. The molecule has 0 saturated heterocycles. The lowest BCUT2D eigenvalue weighted by Gasteiger charge is -2.21. The minimum Gasteiger partial charge on any atom is -0.376 e. The molecule has 0 aliphatic carbocycles. The zero-order chi connectivity index (χ0) is 25.8. The summed E-state index contributed by atoms with van der Waals surface area (Å²) in [6, 6.07) is 18.1. The average Bonchev–Trinajstić information content (AvgIpc) is 2.86. The summed E-state index contributed by atoms with van der Waals surface area (Å²) in [7, 11) is 0. The van der Waals surface area contributed by atoms with E-state index in [0.29, 0.717) is 38.6 Å². The molecule has 0 radical (unpaired) electrons. The Morgan fingerprint density at radius 2 is 1.81 bits per heavy atom. The number of fused-ring (bicyclic) bond motifs is 3. The summed E-state index contributed by atoms with van der Waals surface area (Å²) >= 11 is 0. The van der Waals surface area contributed by atoms with Crippen molar-refractivity contribution in [3.63, 3.8) is 0 Å². The molecule has 0 aliphatic heterocycles. The van der Waals surface area contributed by atoms with Gasteiger partial charge in [-0.05, 0) is 61.7 Å². The van der Waals surface area contributed by atoms with Gasteiger partial charge in [-0.2, -0.15) is 5.26 Å². The molecule has 182 valence electrons. The molecule has 0 fully saturated rings. The number of hydrogen-bond acceptors (Lipinski definition) is 6. The highest BCUT2D eigenvalue weighted by Crippen LogP contribution is 2.26. The number of nitrogens with two attached hydrogens (primary N) is 1. The number of amides is 2. The predicted octanol–water partition coefficient (Wildman–Crippen LogP) is 3.50. The highest BCUT2D eigenvalue weighted by Gasteiger charge is 2.20. The standard InChI is InChI=1S/C27H25N5O4/c1-15(2)36-14-23(30-17-6-3-5-16(11-17)13-28)27(35)31-18-9-10-20-22(12-18)19-7-4-8-21(25(29)33)24(19)32-26(20)34/h3-12,15,23,30H,14H2,1-2H3,(H2,29,33)(H,31,35)(H,32,34)/t23-/m0/s1. The predicted molar refractivity (Wildman–Crippen MR) is 139 cm³/mol. The number of aromatic nitrogens is 1. The van der Waals surface area contributed by atoms with Gasteiger partial charge >= 0.3 is 0 Å². The van der Waals surface area contributed by atoms with E-state index in [1.165, 1.54) is 0 Å². The molecule has 1 aromatic heterocycles. The van der Waals surface area contributed by atoms with E-state index < -0.39 is 11.9 Å². The molecule has 0 unspecified atom stereocenters. The maximum atomic E-state index is 13.2. The van der Waals surface area contributed by atoms with Crippen LogP contribution in [0.2, 0.25) is 0 Å². The minimum atomic E-state index is -0.755. The number of nitrogens with zero attached hydrogens (tertiary/aromatic N) is 1. The number of carbonyl (C=O) groups excluding carboxylic acids is 2. The number of aromatic amines is 1. The lowest BCUT2D eigenvalue weighted by atomic mass is 10.0. The normalized spacial score (nSPS) is 11.8. The van der Waals surface area contributed by atoms with Crippen LogP contribution in [0.4, 0.5) is 11.4 Å². The number of benzene rings is 3. The third-order valence-corrected chi connectivity index (χ3v) is 5.64. The molecule has 36 heavy (non-hydrogen) atoms. The molecule has 3 aromatic carbocycles. The summed E-state index contributed by atoms with van der Waals surface area (Å²) < 4.78 is 5.69. The van der Waals surface area contributed by atoms with Crippen LogP contribution in [0.5, 0.6) is 0 Å². The molecule has 1 heterocycles. The van der Waals surface area contributed by atoms with Crippen molar-refractivity contribution in [3.8, 4) is 6.07 Å². The third kappa shape index (κ3) is 5.19. The lowest BCUT2D eigenvalue weighted by molar-refractivity contribution is -0.118. The van der Waals surface area contributed by atoms with Crippen LogP contribution in [0.25, 0.3) is 21.7 Å². The van der Waals surface area contributed by atoms with Gasteiger partial charge in [-0.1, -0.05) is 18.2 Å². The van der Waals surface area contributed by atoms with Crippen molar-refractivity contribution in [1.82, 2.24) is 4.98 Å². The summed E-state index contributed by atoms with van der Waals surface area (Å²) in [4.78, 5) is 40.5. The molecule has 0 spiro atoms. The number of nitriles is 1.